The molecule has 3 aromatic rings. The highest BCUT2D eigenvalue weighted by atomic mass is 16.5. The van der Waals surface area contributed by atoms with Crippen molar-refractivity contribution < 1.29 is 4.74 Å². The van der Waals surface area contributed by atoms with Crippen LogP contribution in [0.1, 0.15) is 0 Å². The van der Waals surface area contributed by atoms with Crippen LogP contribution in [0.3, 0.4) is 0 Å². The Morgan fingerprint density at radius 3 is 2.71 bits per heavy atom. The second-order valence-corrected chi connectivity index (χ2v) is 3.85. The quantitative estimate of drug-likeness (QED) is 0.725. The molecule has 0 spiro atoms. The molecule has 1 N–H and O–H groups in total. The number of pyridine rings is 1. The molecule has 0 aliphatic heterocycles. The van der Waals surface area contributed by atoms with Gasteiger partial charge in [0.25, 0.3) is 0 Å². The molecule has 0 saturated heterocycles. The Balaban J connectivity index is 2.19. The molecule has 0 fully saturated rings. The van der Waals surface area contributed by atoms with Gasteiger partial charge in [-0.3, -0.25) is 4.98 Å². The number of nitrogens with zero attached hydrogens (tertiary/aromatic N) is 1. The number of hydrogen-bond donors (Lipinski definition) is 1. The fourth-order valence-corrected chi connectivity index (χ4v) is 2.00. The monoisotopic (exact) mass is 224 g/mol. The van der Waals surface area contributed by atoms with Crippen molar-refractivity contribution in [2.75, 3.05) is 7.11 Å². The Kier molecular flexibility index (Phi) is 2.29. The van der Waals surface area contributed by atoms with E-state index in [4.69, 9.17) is 4.74 Å². The van der Waals surface area contributed by atoms with Gasteiger partial charge in [0.15, 0.2) is 0 Å². The zero-order valence-corrected chi connectivity index (χ0v) is 9.47. The number of aromatic nitrogens is 2. The van der Waals surface area contributed by atoms with E-state index in [9.17, 15) is 0 Å². The Hall–Kier alpha value is -2.29. The average molecular weight is 224 g/mol. The third kappa shape index (κ3) is 1.65. The van der Waals surface area contributed by atoms with Gasteiger partial charge in [-0.15, -0.1) is 0 Å². The lowest BCUT2D eigenvalue weighted by molar-refractivity contribution is 0.415. The van der Waals surface area contributed by atoms with Crippen molar-refractivity contribution in [1.29, 1.82) is 0 Å². The van der Waals surface area contributed by atoms with Crippen molar-refractivity contribution >= 4 is 10.9 Å². The van der Waals surface area contributed by atoms with E-state index in [1.165, 1.54) is 10.9 Å². The molecule has 3 rings (SSSR count). The Bertz CT molecular complexity index is 644. The van der Waals surface area contributed by atoms with Crippen LogP contribution < -0.4 is 4.74 Å². The van der Waals surface area contributed by atoms with E-state index in [2.05, 4.69) is 16.0 Å². The van der Waals surface area contributed by atoms with Crippen LogP contribution in [-0.4, -0.2) is 17.1 Å². The third-order valence-electron chi connectivity index (χ3n) is 2.88. The Morgan fingerprint density at radius 1 is 1.12 bits per heavy atom. The summed E-state index contributed by atoms with van der Waals surface area (Å²) in [7, 11) is 1.67. The highest BCUT2D eigenvalue weighted by molar-refractivity contribution is 5.96. The molecule has 3 heteroatoms. The van der Waals surface area contributed by atoms with Crippen LogP contribution in [0.4, 0.5) is 0 Å². The van der Waals surface area contributed by atoms with Gasteiger partial charge in [-0.1, -0.05) is 0 Å². The predicted molar refractivity (Wildman–Crippen MR) is 68.1 cm³/mol. The van der Waals surface area contributed by atoms with Gasteiger partial charge < -0.3 is 9.72 Å². The number of nitrogens with one attached hydrogen (secondary N) is 1. The summed E-state index contributed by atoms with van der Waals surface area (Å²) in [5.74, 6) is 0.862. The molecule has 3 nitrogen and oxygen atoms in total. The summed E-state index contributed by atoms with van der Waals surface area (Å²) in [5.41, 5.74) is 3.43. The summed E-state index contributed by atoms with van der Waals surface area (Å²) in [4.78, 5) is 7.29. The van der Waals surface area contributed by atoms with Crippen molar-refractivity contribution in [3.63, 3.8) is 0 Å². The molecule has 0 unspecified atom stereocenters. The van der Waals surface area contributed by atoms with Gasteiger partial charge in [-0.2, -0.15) is 0 Å². The van der Waals surface area contributed by atoms with E-state index in [1.54, 1.807) is 19.5 Å². The molecule has 1 aromatic carbocycles. The molecular formula is C14H12N2O. The fraction of sp³-hybridized carbons (Fsp3) is 0.0714. The highest BCUT2D eigenvalue weighted by Crippen LogP contribution is 2.30. The third-order valence-corrected chi connectivity index (χ3v) is 2.88. The summed E-state index contributed by atoms with van der Waals surface area (Å²) >= 11 is 0. The Labute approximate surface area is 99.1 Å². The van der Waals surface area contributed by atoms with Crippen LogP contribution in [0.15, 0.2) is 48.9 Å². The second-order valence-electron chi connectivity index (χ2n) is 3.85. The van der Waals surface area contributed by atoms with Crippen LogP contribution in [0.25, 0.3) is 22.0 Å². The number of H-pyrrole nitrogens is 1. The van der Waals surface area contributed by atoms with E-state index in [-0.39, 0.29) is 0 Å². The van der Waals surface area contributed by atoms with Crippen molar-refractivity contribution in [1.82, 2.24) is 9.97 Å². The minimum Gasteiger partial charge on any atom is -0.497 e. The molecule has 2 heterocycles. The summed E-state index contributed by atoms with van der Waals surface area (Å²) in [6.07, 6.45) is 5.62. The summed E-state index contributed by atoms with van der Waals surface area (Å²) < 4.78 is 5.21. The molecule has 0 amide bonds. The fourth-order valence-electron chi connectivity index (χ4n) is 2.00. The maximum atomic E-state index is 5.21. The van der Waals surface area contributed by atoms with Gasteiger partial charge in [0.1, 0.15) is 5.75 Å². The molecule has 0 saturated carbocycles. The van der Waals surface area contributed by atoms with Crippen LogP contribution in [0.2, 0.25) is 0 Å². The van der Waals surface area contributed by atoms with Gasteiger partial charge in [-0.05, 0) is 29.8 Å². The minimum absolute atomic E-state index is 0.862. The second kappa shape index (κ2) is 3.94. The Morgan fingerprint density at radius 2 is 1.94 bits per heavy atom. The molecular weight excluding hydrogens is 212 g/mol. The van der Waals surface area contributed by atoms with Crippen LogP contribution >= 0.6 is 0 Å². The summed E-state index contributed by atoms with van der Waals surface area (Å²) in [6, 6.07) is 10.1. The first-order valence-electron chi connectivity index (χ1n) is 5.44. The molecule has 0 atom stereocenters. The lowest BCUT2D eigenvalue weighted by atomic mass is 10.1. The SMILES string of the molecule is COc1ccc2c(-c3ccncc3)c[nH]c2c1. The van der Waals surface area contributed by atoms with Gasteiger partial charge in [0, 0.05) is 41.1 Å². The van der Waals surface area contributed by atoms with Gasteiger partial charge in [-0.25, -0.2) is 0 Å². The lowest BCUT2D eigenvalue weighted by Crippen LogP contribution is -1.81. The van der Waals surface area contributed by atoms with E-state index in [0.29, 0.717) is 0 Å². The van der Waals surface area contributed by atoms with Crippen molar-refractivity contribution in [3.05, 3.63) is 48.9 Å². The van der Waals surface area contributed by atoms with Gasteiger partial charge >= 0.3 is 0 Å². The van der Waals surface area contributed by atoms with Crippen molar-refractivity contribution in [2.24, 2.45) is 0 Å². The van der Waals surface area contributed by atoms with E-state index in [1.807, 2.05) is 30.5 Å². The van der Waals surface area contributed by atoms with Crippen LogP contribution in [0.5, 0.6) is 5.75 Å². The number of benzene rings is 1. The van der Waals surface area contributed by atoms with Gasteiger partial charge in [0.2, 0.25) is 0 Å². The smallest absolute Gasteiger partial charge is 0.120 e. The van der Waals surface area contributed by atoms with Crippen molar-refractivity contribution in [3.8, 4) is 16.9 Å². The first-order valence-corrected chi connectivity index (χ1v) is 5.44. The highest BCUT2D eigenvalue weighted by Gasteiger charge is 2.06. The standard InChI is InChI=1S/C14H12N2O/c1-17-11-2-3-12-13(9-16-14(12)8-11)10-4-6-15-7-5-10/h2-9,16H,1H3. The normalized spacial score (nSPS) is 10.6. The molecule has 84 valence electrons. The average Bonchev–Trinajstić information content (AvgIpc) is 2.82. The number of fused-ring (bicyclic) bond motifs is 1. The first-order chi connectivity index (χ1) is 8.38. The van der Waals surface area contributed by atoms with Crippen molar-refractivity contribution in [2.45, 2.75) is 0 Å². The molecule has 0 radical (unpaired) electrons. The molecule has 0 aliphatic carbocycles. The molecule has 2 aromatic heterocycles. The molecule has 0 bridgehead atoms. The number of rotatable bonds is 2. The predicted octanol–water partition coefficient (Wildman–Crippen LogP) is 3.24. The maximum absolute atomic E-state index is 5.21. The topological polar surface area (TPSA) is 37.9 Å². The van der Waals surface area contributed by atoms with E-state index < -0.39 is 0 Å². The molecule has 0 aliphatic rings. The molecule has 17 heavy (non-hydrogen) atoms. The zero-order valence-electron chi connectivity index (χ0n) is 9.47. The number of methoxy groups -OCH3 is 1. The lowest BCUT2D eigenvalue weighted by Gasteiger charge is -2.01. The first kappa shape index (κ1) is 9.90. The number of aromatic amines is 1. The van der Waals surface area contributed by atoms with E-state index in [0.717, 1.165) is 16.8 Å². The minimum atomic E-state index is 0.862. The van der Waals surface area contributed by atoms with Crippen LogP contribution in [-0.2, 0) is 0 Å². The maximum Gasteiger partial charge on any atom is 0.120 e. The van der Waals surface area contributed by atoms with E-state index >= 15 is 0 Å². The number of hydrogen-bond acceptors (Lipinski definition) is 2. The summed E-state index contributed by atoms with van der Waals surface area (Å²) in [6.45, 7) is 0. The zero-order chi connectivity index (χ0) is 11.7. The van der Waals surface area contributed by atoms with Gasteiger partial charge in [0.05, 0.1) is 7.11 Å². The number of ether oxygens (including phenoxy) is 1. The summed E-state index contributed by atoms with van der Waals surface area (Å²) in [5, 5.41) is 1.19. The largest absolute Gasteiger partial charge is 0.497 e. The van der Waals surface area contributed by atoms with Crippen LogP contribution in [0, 0.1) is 0 Å².